The molecule has 0 aliphatic carbocycles. The van der Waals surface area contributed by atoms with Crippen LogP contribution in [0.4, 0.5) is 4.39 Å². The van der Waals surface area contributed by atoms with Gasteiger partial charge in [0.25, 0.3) is 0 Å². The summed E-state index contributed by atoms with van der Waals surface area (Å²) in [4.78, 5) is 15.3. The molecule has 20 heavy (non-hydrogen) atoms. The molecular weight excluding hydrogens is 341 g/mol. The number of hydrogen-bond donors (Lipinski definition) is 0. The van der Waals surface area contributed by atoms with Crippen LogP contribution in [0, 0.1) is 5.82 Å². The Balaban J connectivity index is 1.84. The SMILES string of the molecule is CN(CCC(=O)c1cccc(F)c1)Cc1cc(Br)cs1. The molecule has 0 aliphatic rings. The van der Waals surface area contributed by atoms with Crippen LogP contribution in [0.25, 0.3) is 0 Å². The summed E-state index contributed by atoms with van der Waals surface area (Å²) in [6, 6.07) is 7.93. The van der Waals surface area contributed by atoms with Gasteiger partial charge in [0.1, 0.15) is 5.82 Å². The summed E-state index contributed by atoms with van der Waals surface area (Å²) in [6.45, 7) is 1.47. The van der Waals surface area contributed by atoms with Crippen molar-refractivity contribution in [2.75, 3.05) is 13.6 Å². The molecular formula is C15H15BrFNOS. The molecule has 0 unspecified atom stereocenters. The Kier molecular flexibility index (Phi) is 5.46. The smallest absolute Gasteiger partial charge is 0.164 e. The van der Waals surface area contributed by atoms with E-state index in [1.54, 1.807) is 23.5 Å². The summed E-state index contributed by atoms with van der Waals surface area (Å²) in [7, 11) is 1.98. The van der Waals surface area contributed by atoms with Gasteiger partial charge in [0.15, 0.2) is 5.78 Å². The Hall–Kier alpha value is -1.04. The Labute approximate surface area is 130 Å². The molecule has 2 rings (SSSR count). The van der Waals surface area contributed by atoms with Crippen molar-refractivity contribution in [3.8, 4) is 0 Å². The van der Waals surface area contributed by atoms with E-state index < -0.39 is 0 Å². The van der Waals surface area contributed by atoms with Gasteiger partial charge in [-0.15, -0.1) is 11.3 Å². The van der Waals surface area contributed by atoms with Crippen molar-refractivity contribution >= 4 is 33.0 Å². The molecule has 0 N–H and O–H groups in total. The van der Waals surface area contributed by atoms with E-state index in [4.69, 9.17) is 0 Å². The summed E-state index contributed by atoms with van der Waals surface area (Å²) < 4.78 is 14.1. The summed E-state index contributed by atoms with van der Waals surface area (Å²) in [6.07, 6.45) is 0.395. The number of Topliss-reactive ketones (excluding diaryl/α,β-unsaturated/α-hetero) is 1. The van der Waals surface area contributed by atoms with Gasteiger partial charge in [0.2, 0.25) is 0 Å². The standard InChI is InChI=1S/C15H15BrFNOS/c1-18(9-14-8-12(16)10-20-14)6-5-15(19)11-3-2-4-13(17)7-11/h2-4,7-8,10H,5-6,9H2,1H3. The van der Waals surface area contributed by atoms with Crippen molar-refractivity contribution in [2.24, 2.45) is 0 Å². The number of carbonyl (C=O) groups excluding carboxylic acids is 1. The van der Waals surface area contributed by atoms with E-state index in [2.05, 4.69) is 26.9 Å². The molecule has 1 heterocycles. The van der Waals surface area contributed by atoms with E-state index in [-0.39, 0.29) is 11.6 Å². The molecule has 0 amide bonds. The van der Waals surface area contributed by atoms with Gasteiger partial charge >= 0.3 is 0 Å². The minimum absolute atomic E-state index is 0.0243. The summed E-state index contributed by atoms with van der Waals surface area (Å²) in [5, 5.41) is 2.04. The van der Waals surface area contributed by atoms with Crippen LogP contribution in [0.15, 0.2) is 40.2 Å². The first kappa shape index (κ1) is 15.4. The third kappa shape index (κ3) is 4.51. The van der Waals surface area contributed by atoms with Crippen molar-refractivity contribution in [1.82, 2.24) is 4.90 Å². The first-order valence-corrected chi connectivity index (χ1v) is 7.92. The highest BCUT2D eigenvalue weighted by Crippen LogP contribution is 2.20. The molecule has 5 heteroatoms. The minimum Gasteiger partial charge on any atom is -0.301 e. The van der Waals surface area contributed by atoms with Gasteiger partial charge in [0, 0.05) is 39.8 Å². The zero-order valence-corrected chi connectivity index (χ0v) is 13.5. The van der Waals surface area contributed by atoms with Crippen molar-refractivity contribution < 1.29 is 9.18 Å². The first-order chi connectivity index (χ1) is 9.54. The zero-order valence-electron chi connectivity index (χ0n) is 11.1. The molecule has 0 saturated heterocycles. The van der Waals surface area contributed by atoms with Crippen molar-refractivity contribution in [3.63, 3.8) is 0 Å². The van der Waals surface area contributed by atoms with Gasteiger partial charge in [0.05, 0.1) is 0 Å². The maximum atomic E-state index is 13.1. The fourth-order valence-electron chi connectivity index (χ4n) is 1.88. The van der Waals surface area contributed by atoms with Gasteiger partial charge in [-0.25, -0.2) is 4.39 Å². The third-order valence-electron chi connectivity index (χ3n) is 2.91. The van der Waals surface area contributed by atoms with Gasteiger partial charge in [-0.2, -0.15) is 0 Å². The molecule has 106 valence electrons. The molecule has 0 fully saturated rings. The number of hydrogen-bond acceptors (Lipinski definition) is 3. The predicted octanol–water partition coefficient (Wildman–Crippen LogP) is 4.35. The average molecular weight is 356 g/mol. The van der Waals surface area contributed by atoms with Gasteiger partial charge in [-0.05, 0) is 41.2 Å². The number of ketones is 1. The summed E-state index contributed by atoms with van der Waals surface area (Å²) in [5.74, 6) is -0.392. The topological polar surface area (TPSA) is 20.3 Å². The highest BCUT2D eigenvalue weighted by atomic mass is 79.9. The van der Waals surface area contributed by atoms with Crippen LogP contribution in [0.5, 0.6) is 0 Å². The first-order valence-electron chi connectivity index (χ1n) is 6.25. The lowest BCUT2D eigenvalue weighted by atomic mass is 10.1. The molecule has 0 atom stereocenters. The zero-order chi connectivity index (χ0) is 14.5. The van der Waals surface area contributed by atoms with Crippen LogP contribution in [-0.2, 0) is 6.54 Å². The van der Waals surface area contributed by atoms with E-state index in [0.717, 1.165) is 11.0 Å². The van der Waals surface area contributed by atoms with Crippen LogP contribution in [0.1, 0.15) is 21.7 Å². The molecule has 0 aliphatic heterocycles. The van der Waals surface area contributed by atoms with E-state index in [1.165, 1.54) is 17.0 Å². The predicted molar refractivity (Wildman–Crippen MR) is 83.7 cm³/mol. The maximum absolute atomic E-state index is 13.1. The van der Waals surface area contributed by atoms with E-state index in [0.29, 0.717) is 18.5 Å². The average Bonchev–Trinajstić information content (AvgIpc) is 2.81. The van der Waals surface area contributed by atoms with Crippen molar-refractivity contribution in [1.29, 1.82) is 0 Å². The largest absolute Gasteiger partial charge is 0.301 e. The van der Waals surface area contributed by atoms with Crippen molar-refractivity contribution in [3.05, 3.63) is 56.4 Å². The molecule has 1 aromatic carbocycles. The van der Waals surface area contributed by atoms with Crippen LogP contribution in [0.3, 0.4) is 0 Å². The molecule has 0 saturated carbocycles. The number of carbonyl (C=O) groups is 1. The normalized spacial score (nSPS) is 11.0. The van der Waals surface area contributed by atoms with Crippen molar-refractivity contribution in [2.45, 2.75) is 13.0 Å². The second kappa shape index (κ2) is 7.11. The molecule has 2 nitrogen and oxygen atoms in total. The number of benzene rings is 1. The van der Waals surface area contributed by atoms with E-state index in [1.807, 2.05) is 12.4 Å². The fraction of sp³-hybridized carbons (Fsp3) is 0.267. The van der Waals surface area contributed by atoms with E-state index in [9.17, 15) is 9.18 Å². The highest BCUT2D eigenvalue weighted by Gasteiger charge is 2.09. The van der Waals surface area contributed by atoms with Crippen LogP contribution < -0.4 is 0 Å². The Morgan fingerprint density at radius 1 is 1.40 bits per heavy atom. The lowest BCUT2D eigenvalue weighted by Gasteiger charge is -2.14. The Morgan fingerprint density at radius 2 is 2.20 bits per heavy atom. The molecule has 0 radical (unpaired) electrons. The summed E-state index contributed by atoms with van der Waals surface area (Å²) in [5.41, 5.74) is 0.442. The number of thiophene rings is 1. The number of rotatable bonds is 6. The van der Waals surface area contributed by atoms with Crippen LogP contribution >= 0.6 is 27.3 Å². The number of halogens is 2. The lowest BCUT2D eigenvalue weighted by molar-refractivity contribution is 0.0967. The Bertz CT molecular complexity index is 599. The second-order valence-electron chi connectivity index (χ2n) is 4.65. The molecule has 0 bridgehead atoms. The second-order valence-corrected chi connectivity index (χ2v) is 6.56. The molecule has 0 spiro atoms. The van der Waals surface area contributed by atoms with E-state index >= 15 is 0 Å². The fourth-order valence-corrected chi connectivity index (χ4v) is 3.41. The van der Waals surface area contributed by atoms with Gasteiger partial charge in [-0.3, -0.25) is 4.79 Å². The summed E-state index contributed by atoms with van der Waals surface area (Å²) >= 11 is 5.11. The van der Waals surface area contributed by atoms with Crippen LogP contribution in [-0.4, -0.2) is 24.3 Å². The highest BCUT2D eigenvalue weighted by molar-refractivity contribution is 9.10. The Morgan fingerprint density at radius 3 is 2.85 bits per heavy atom. The number of nitrogens with zero attached hydrogens (tertiary/aromatic N) is 1. The minimum atomic E-state index is -0.368. The molecule has 1 aromatic heterocycles. The lowest BCUT2D eigenvalue weighted by Crippen LogP contribution is -2.21. The van der Waals surface area contributed by atoms with Crippen LogP contribution in [0.2, 0.25) is 0 Å². The maximum Gasteiger partial charge on any atom is 0.164 e. The molecule has 2 aromatic rings. The quantitative estimate of drug-likeness (QED) is 0.717. The monoisotopic (exact) mass is 355 g/mol. The van der Waals surface area contributed by atoms with Gasteiger partial charge in [-0.1, -0.05) is 12.1 Å². The third-order valence-corrected chi connectivity index (χ3v) is 4.60. The van der Waals surface area contributed by atoms with Gasteiger partial charge < -0.3 is 4.90 Å².